The van der Waals surface area contributed by atoms with Gasteiger partial charge in [-0.05, 0) is 44.3 Å². The number of aromatic nitrogens is 5. The SMILES string of the molecule is CN1CCCN(C(=O)c2ccc(-c3cnc4c(-c5ccccn5)c(N)nn4c3)nc2)CC1. The van der Waals surface area contributed by atoms with Crippen molar-refractivity contribution in [2.75, 3.05) is 39.0 Å². The zero-order chi connectivity index (χ0) is 22.1. The third kappa shape index (κ3) is 3.78. The van der Waals surface area contributed by atoms with Crippen molar-refractivity contribution in [1.29, 1.82) is 0 Å². The van der Waals surface area contributed by atoms with Gasteiger partial charge in [0.1, 0.15) is 0 Å². The molecule has 2 N–H and O–H groups in total. The van der Waals surface area contributed by atoms with Gasteiger partial charge >= 0.3 is 0 Å². The van der Waals surface area contributed by atoms with Crippen molar-refractivity contribution in [3.8, 4) is 22.5 Å². The quantitative estimate of drug-likeness (QED) is 0.533. The molecule has 4 aromatic rings. The van der Waals surface area contributed by atoms with E-state index in [0.717, 1.165) is 43.9 Å². The molecule has 0 aromatic carbocycles. The van der Waals surface area contributed by atoms with E-state index in [-0.39, 0.29) is 5.91 Å². The Morgan fingerprint density at radius 2 is 1.88 bits per heavy atom. The first kappa shape index (κ1) is 20.1. The van der Waals surface area contributed by atoms with Crippen LogP contribution in [0, 0.1) is 0 Å². The van der Waals surface area contributed by atoms with Crippen molar-refractivity contribution in [2.24, 2.45) is 0 Å². The number of hydrogen-bond donors (Lipinski definition) is 1. The number of carbonyl (C=O) groups is 1. The van der Waals surface area contributed by atoms with Crippen LogP contribution >= 0.6 is 0 Å². The Balaban J connectivity index is 1.40. The van der Waals surface area contributed by atoms with Crippen LogP contribution in [-0.2, 0) is 0 Å². The van der Waals surface area contributed by atoms with E-state index in [1.165, 1.54) is 0 Å². The van der Waals surface area contributed by atoms with Crippen LogP contribution in [0.1, 0.15) is 16.8 Å². The predicted octanol–water partition coefficient (Wildman–Crippen LogP) is 2.21. The van der Waals surface area contributed by atoms with E-state index in [1.54, 1.807) is 23.1 Å². The molecule has 1 fully saturated rings. The number of nitrogens with zero attached hydrogens (tertiary/aromatic N) is 7. The molecule has 0 saturated carbocycles. The molecule has 0 radical (unpaired) electrons. The van der Waals surface area contributed by atoms with Gasteiger partial charge < -0.3 is 15.5 Å². The van der Waals surface area contributed by atoms with Gasteiger partial charge in [0.25, 0.3) is 5.91 Å². The number of likely N-dealkylation sites (N-methyl/N-ethyl adjacent to an activating group) is 1. The van der Waals surface area contributed by atoms with E-state index in [0.29, 0.717) is 28.3 Å². The third-order valence-electron chi connectivity index (χ3n) is 5.73. The van der Waals surface area contributed by atoms with Gasteiger partial charge in [-0.1, -0.05) is 6.07 Å². The molecular weight excluding hydrogens is 404 g/mol. The van der Waals surface area contributed by atoms with E-state index >= 15 is 0 Å². The second-order valence-corrected chi connectivity index (χ2v) is 7.97. The summed E-state index contributed by atoms with van der Waals surface area (Å²) in [5.41, 5.74) is 10.3. The van der Waals surface area contributed by atoms with Gasteiger partial charge in [-0.2, -0.15) is 0 Å². The van der Waals surface area contributed by atoms with Crippen molar-refractivity contribution < 1.29 is 4.79 Å². The fourth-order valence-electron chi connectivity index (χ4n) is 3.96. The third-order valence-corrected chi connectivity index (χ3v) is 5.73. The molecule has 9 heteroatoms. The van der Waals surface area contributed by atoms with Gasteiger partial charge in [0.15, 0.2) is 11.5 Å². The average Bonchev–Trinajstić information content (AvgIpc) is 3.00. The standard InChI is InChI=1S/C23H24N8O/c1-29-9-4-10-30(12-11-29)23(32)16-6-7-18(26-13-16)17-14-27-22-20(19-5-2-3-8-25-19)21(24)28-31(22)15-17/h2-3,5-8,13-15H,4,9-12H2,1H3,(H2,24,28). The molecule has 162 valence electrons. The number of anilines is 1. The fraction of sp³-hybridized carbons (Fsp3) is 0.261. The Hall–Kier alpha value is -3.85. The largest absolute Gasteiger partial charge is 0.382 e. The highest BCUT2D eigenvalue weighted by Gasteiger charge is 2.20. The second kappa shape index (κ2) is 8.35. The van der Waals surface area contributed by atoms with Gasteiger partial charge in [0.2, 0.25) is 0 Å². The summed E-state index contributed by atoms with van der Waals surface area (Å²) in [4.78, 5) is 30.5. The number of fused-ring (bicyclic) bond motifs is 1. The van der Waals surface area contributed by atoms with Crippen molar-refractivity contribution in [3.63, 3.8) is 0 Å². The minimum atomic E-state index is 0.0211. The van der Waals surface area contributed by atoms with E-state index in [2.05, 4.69) is 32.0 Å². The summed E-state index contributed by atoms with van der Waals surface area (Å²) in [5, 5.41) is 4.40. The molecule has 1 aliphatic rings. The van der Waals surface area contributed by atoms with Crippen molar-refractivity contribution in [3.05, 3.63) is 60.7 Å². The Labute approximate surface area is 185 Å². The molecule has 5 heterocycles. The maximum absolute atomic E-state index is 12.9. The van der Waals surface area contributed by atoms with Crippen LogP contribution in [0.2, 0.25) is 0 Å². The number of carbonyl (C=O) groups excluding carboxylic acids is 1. The Bertz CT molecular complexity index is 1250. The molecule has 1 aliphatic heterocycles. The molecule has 5 rings (SSSR count). The number of pyridine rings is 2. The number of hydrogen-bond acceptors (Lipinski definition) is 7. The summed E-state index contributed by atoms with van der Waals surface area (Å²) < 4.78 is 1.64. The molecule has 0 spiro atoms. The Kier molecular flexibility index (Phi) is 5.24. The first-order chi connectivity index (χ1) is 15.6. The average molecular weight is 429 g/mol. The Morgan fingerprint density at radius 3 is 2.66 bits per heavy atom. The Morgan fingerprint density at radius 1 is 0.969 bits per heavy atom. The summed E-state index contributed by atoms with van der Waals surface area (Å²) >= 11 is 0. The molecule has 0 aliphatic carbocycles. The first-order valence-corrected chi connectivity index (χ1v) is 10.6. The lowest BCUT2D eigenvalue weighted by atomic mass is 10.1. The van der Waals surface area contributed by atoms with Crippen LogP contribution < -0.4 is 5.73 Å². The van der Waals surface area contributed by atoms with Crippen molar-refractivity contribution in [2.45, 2.75) is 6.42 Å². The molecule has 0 unspecified atom stereocenters. The molecule has 1 amide bonds. The predicted molar refractivity (Wildman–Crippen MR) is 122 cm³/mol. The number of amides is 1. The summed E-state index contributed by atoms with van der Waals surface area (Å²) in [5.74, 6) is 0.387. The van der Waals surface area contributed by atoms with Gasteiger partial charge in [0.05, 0.1) is 22.5 Å². The smallest absolute Gasteiger partial charge is 0.255 e. The van der Waals surface area contributed by atoms with Crippen LogP contribution in [0.5, 0.6) is 0 Å². The van der Waals surface area contributed by atoms with Crippen LogP contribution in [0.25, 0.3) is 28.2 Å². The maximum atomic E-state index is 12.9. The molecular formula is C23H24N8O. The zero-order valence-corrected chi connectivity index (χ0v) is 17.8. The molecule has 9 nitrogen and oxygen atoms in total. The summed E-state index contributed by atoms with van der Waals surface area (Å²) in [6, 6.07) is 9.29. The van der Waals surface area contributed by atoms with E-state index in [4.69, 9.17) is 5.73 Å². The molecule has 4 aromatic heterocycles. The normalized spacial score (nSPS) is 15.1. The van der Waals surface area contributed by atoms with Crippen LogP contribution in [0.3, 0.4) is 0 Å². The number of rotatable bonds is 3. The molecule has 0 bridgehead atoms. The van der Waals surface area contributed by atoms with E-state index < -0.39 is 0 Å². The fourth-order valence-corrected chi connectivity index (χ4v) is 3.96. The zero-order valence-electron chi connectivity index (χ0n) is 17.8. The topological polar surface area (TPSA) is 106 Å². The summed E-state index contributed by atoms with van der Waals surface area (Å²) in [7, 11) is 2.09. The van der Waals surface area contributed by atoms with Crippen LogP contribution in [0.4, 0.5) is 5.82 Å². The summed E-state index contributed by atoms with van der Waals surface area (Å²) in [6.07, 6.45) is 7.89. The minimum absolute atomic E-state index is 0.0211. The van der Waals surface area contributed by atoms with Gasteiger partial charge in [-0.3, -0.25) is 14.8 Å². The minimum Gasteiger partial charge on any atom is -0.382 e. The maximum Gasteiger partial charge on any atom is 0.255 e. The second-order valence-electron chi connectivity index (χ2n) is 7.97. The molecule has 1 saturated heterocycles. The lowest BCUT2D eigenvalue weighted by Gasteiger charge is -2.20. The number of nitrogens with two attached hydrogens (primary N) is 1. The summed E-state index contributed by atoms with van der Waals surface area (Å²) in [6.45, 7) is 3.40. The molecule has 0 atom stereocenters. The monoisotopic (exact) mass is 428 g/mol. The van der Waals surface area contributed by atoms with Gasteiger partial charge in [-0.25, -0.2) is 9.50 Å². The highest BCUT2D eigenvalue weighted by Crippen LogP contribution is 2.28. The highest BCUT2D eigenvalue weighted by atomic mass is 16.2. The van der Waals surface area contributed by atoms with Crippen molar-refractivity contribution >= 4 is 17.4 Å². The van der Waals surface area contributed by atoms with Gasteiger partial charge in [0, 0.05) is 50.0 Å². The molecule has 32 heavy (non-hydrogen) atoms. The van der Waals surface area contributed by atoms with E-state index in [1.807, 2.05) is 41.4 Å². The lowest BCUT2D eigenvalue weighted by Crippen LogP contribution is -2.34. The van der Waals surface area contributed by atoms with Crippen LogP contribution in [0.15, 0.2) is 55.1 Å². The number of nitrogen functional groups attached to an aromatic ring is 1. The highest BCUT2D eigenvalue weighted by molar-refractivity contribution is 5.94. The van der Waals surface area contributed by atoms with E-state index in [9.17, 15) is 4.79 Å². The van der Waals surface area contributed by atoms with Gasteiger partial charge in [-0.15, -0.1) is 5.10 Å². The lowest BCUT2D eigenvalue weighted by molar-refractivity contribution is 0.0762. The van der Waals surface area contributed by atoms with Crippen LogP contribution in [-0.4, -0.2) is 73.5 Å². The van der Waals surface area contributed by atoms with Crippen molar-refractivity contribution in [1.82, 2.24) is 34.4 Å². The first-order valence-electron chi connectivity index (χ1n) is 10.6.